The number of benzene rings is 3. The lowest BCUT2D eigenvalue weighted by molar-refractivity contribution is -0.127. The van der Waals surface area contributed by atoms with Gasteiger partial charge in [0.15, 0.2) is 6.10 Å². The van der Waals surface area contributed by atoms with Gasteiger partial charge in [0.05, 0.1) is 6.21 Å². The number of ether oxygens (including phenoxy) is 2. The first kappa shape index (κ1) is 20.4. The van der Waals surface area contributed by atoms with Crippen molar-refractivity contribution in [3.8, 4) is 11.5 Å². The molecule has 0 bridgehead atoms. The summed E-state index contributed by atoms with van der Waals surface area (Å²) in [4.78, 5) is 12.1. The Morgan fingerprint density at radius 2 is 1.66 bits per heavy atom. The van der Waals surface area contributed by atoms with Crippen molar-refractivity contribution < 1.29 is 14.3 Å². The van der Waals surface area contributed by atoms with Gasteiger partial charge in [-0.05, 0) is 66.6 Å². The van der Waals surface area contributed by atoms with Crippen LogP contribution in [0.1, 0.15) is 18.1 Å². The van der Waals surface area contributed by atoms with Crippen molar-refractivity contribution in [2.45, 2.75) is 19.6 Å². The van der Waals surface area contributed by atoms with Crippen molar-refractivity contribution >= 4 is 23.7 Å². The molecule has 5 nitrogen and oxygen atoms in total. The van der Waals surface area contributed by atoms with E-state index in [1.165, 1.54) is 0 Å². The van der Waals surface area contributed by atoms with Crippen LogP contribution in [-0.4, -0.2) is 18.2 Å². The number of hydrazone groups is 1. The molecule has 0 aliphatic carbocycles. The summed E-state index contributed by atoms with van der Waals surface area (Å²) in [5.74, 6) is 0.978. The molecule has 3 aromatic carbocycles. The van der Waals surface area contributed by atoms with E-state index in [0.717, 1.165) is 16.9 Å². The summed E-state index contributed by atoms with van der Waals surface area (Å²) in [7, 11) is 0. The lowest BCUT2D eigenvalue weighted by Crippen LogP contribution is -2.33. The zero-order valence-corrected chi connectivity index (χ0v) is 16.7. The summed E-state index contributed by atoms with van der Waals surface area (Å²) in [6.07, 6.45) is 0.871. The summed E-state index contributed by atoms with van der Waals surface area (Å²) in [5, 5.41) is 4.58. The Kier molecular flexibility index (Phi) is 7.25. The molecule has 1 N–H and O–H groups in total. The molecule has 0 aliphatic heterocycles. The molecule has 1 unspecified atom stereocenters. The molecule has 0 saturated carbocycles. The molecule has 3 rings (SSSR count). The summed E-state index contributed by atoms with van der Waals surface area (Å²) in [6, 6.07) is 24.2. The van der Waals surface area contributed by atoms with Crippen LogP contribution in [0.4, 0.5) is 0 Å². The van der Waals surface area contributed by atoms with Crippen LogP contribution in [0.5, 0.6) is 11.5 Å². The van der Waals surface area contributed by atoms with Crippen LogP contribution >= 0.6 is 11.6 Å². The normalized spacial score (nSPS) is 11.8. The van der Waals surface area contributed by atoms with E-state index in [1.807, 2.05) is 54.6 Å². The Hall–Kier alpha value is -3.31. The molecule has 0 radical (unpaired) electrons. The smallest absolute Gasteiger partial charge is 0.280 e. The number of carbonyl (C=O) groups is 1. The monoisotopic (exact) mass is 408 g/mol. The van der Waals surface area contributed by atoms with Gasteiger partial charge in [-0.15, -0.1) is 0 Å². The summed E-state index contributed by atoms with van der Waals surface area (Å²) >= 11 is 5.83. The fourth-order valence-electron chi connectivity index (χ4n) is 2.42. The third-order valence-corrected chi connectivity index (χ3v) is 4.26. The van der Waals surface area contributed by atoms with Gasteiger partial charge in [-0.1, -0.05) is 41.9 Å². The first-order valence-corrected chi connectivity index (χ1v) is 9.50. The quantitative estimate of drug-likeness (QED) is 0.428. The zero-order valence-electron chi connectivity index (χ0n) is 15.9. The number of rotatable bonds is 8. The average molecular weight is 409 g/mol. The highest BCUT2D eigenvalue weighted by Gasteiger charge is 2.13. The van der Waals surface area contributed by atoms with E-state index in [2.05, 4.69) is 10.5 Å². The Labute approximate surface area is 174 Å². The third kappa shape index (κ3) is 6.66. The first-order valence-electron chi connectivity index (χ1n) is 9.12. The molecular formula is C23H21ClN2O3. The molecule has 1 atom stereocenters. The number of amides is 1. The summed E-state index contributed by atoms with van der Waals surface area (Å²) in [6.45, 7) is 2.16. The molecular weight excluding hydrogens is 388 g/mol. The topological polar surface area (TPSA) is 59.9 Å². The number of nitrogens with zero attached hydrogens (tertiary/aromatic N) is 1. The predicted octanol–water partition coefficient (Wildman–Crippen LogP) is 4.84. The Bertz CT molecular complexity index is 942. The van der Waals surface area contributed by atoms with Gasteiger partial charge in [-0.25, -0.2) is 5.43 Å². The second-order valence-electron chi connectivity index (χ2n) is 6.29. The lowest BCUT2D eigenvalue weighted by Gasteiger charge is -2.12. The molecule has 1 amide bonds. The maximum atomic E-state index is 12.1. The number of hydrogen-bond donors (Lipinski definition) is 1. The summed E-state index contributed by atoms with van der Waals surface area (Å²) in [5.41, 5.74) is 4.42. The number of halogens is 1. The first-order chi connectivity index (χ1) is 14.1. The van der Waals surface area contributed by atoms with Gasteiger partial charge in [-0.2, -0.15) is 5.10 Å². The minimum Gasteiger partial charge on any atom is -0.489 e. The van der Waals surface area contributed by atoms with Crippen LogP contribution in [0.25, 0.3) is 0 Å². The SMILES string of the molecule is CC(Oc1ccc(Cl)cc1)C(=O)N/N=C\c1ccc(OCc2ccccc2)cc1. The second kappa shape index (κ2) is 10.3. The number of hydrogen-bond acceptors (Lipinski definition) is 4. The Morgan fingerprint density at radius 3 is 2.34 bits per heavy atom. The van der Waals surface area contributed by atoms with E-state index in [4.69, 9.17) is 21.1 Å². The molecule has 0 aromatic heterocycles. The molecule has 6 heteroatoms. The minimum absolute atomic E-state index is 0.348. The Balaban J connectivity index is 1.45. The van der Waals surface area contributed by atoms with Crippen molar-refractivity contribution in [1.29, 1.82) is 0 Å². The fraction of sp³-hybridized carbons (Fsp3) is 0.130. The van der Waals surface area contributed by atoms with Crippen molar-refractivity contribution in [3.63, 3.8) is 0 Å². The molecule has 0 aliphatic rings. The molecule has 0 saturated heterocycles. The Morgan fingerprint density at radius 1 is 1.00 bits per heavy atom. The van der Waals surface area contributed by atoms with Crippen molar-refractivity contribution in [2.24, 2.45) is 5.10 Å². The molecule has 0 fully saturated rings. The van der Waals surface area contributed by atoms with Gasteiger partial charge in [0.1, 0.15) is 18.1 Å². The fourth-order valence-corrected chi connectivity index (χ4v) is 2.55. The van der Waals surface area contributed by atoms with E-state index >= 15 is 0 Å². The van der Waals surface area contributed by atoms with Crippen LogP contribution in [-0.2, 0) is 11.4 Å². The van der Waals surface area contributed by atoms with Crippen molar-refractivity contribution in [2.75, 3.05) is 0 Å². The van der Waals surface area contributed by atoms with Crippen LogP contribution in [0, 0.1) is 0 Å². The van der Waals surface area contributed by atoms with Crippen molar-refractivity contribution in [1.82, 2.24) is 5.43 Å². The molecule has 148 valence electrons. The highest BCUT2D eigenvalue weighted by atomic mass is 35.5. The van der Waals surface area contributed by atoms with E-state index in [9.17, 15) is 4.79 Å². The van der Waals surface area contributed by atoms with Gasteiger partial charge in [0.25, 0.3) is 5.91 Å². The third-order valence-electron chi connectivity index (χ3n) is 4.01. The minimum atomic E-state index is -0.693. The number of nitrogens with one attached hydrogen (secondary N) is 1. The highest BCUT2D eigenvalue weighted by molar-refractivity contribution is 6.30. The van der Waals surface area contributed by atoms with Gasteiger partial charge in [0, 0.05) is 5.02 Å². The van der Waals surface area contributed by atoms with Crippen LogP contribution in [0.2, 0.25) is 5.02 Å². The van der Waals surface area contributed by atoms with Crippen LogP contribution in [0.3, 0.4) is 0 Å². The van der Waals surface area contributed by atoms with E-state index in [-0.39, 0.29) is 5.91 Å². The molecule has 0 spiro atoms. The van der Waals surface area contributed by atoms with Crippen LogP contribution < -0.4 is 14.9 Å². The zero-order chi connectivity index (χ0) is 20.5. The molecule has 0 heterocycles. The van der Waals surface area contributed by atoms with Gasteiger partial charge >= 0.3 is 0 Å². The maximum Gasteiger partial charge on any atom is 0.280 e. The predicted molar refractivity (Wildman–Crippen MR) is 114 cm³/mol. The largest absolute Gasteiger partial charge is 0.489 e. The van der Waals surface area contributed by atoms with Gasteiger partial charge in [0.2, 0.25) is 0 Å². The average Bonchev–Trinajstić information content (AvgIpc) is 2.75. The second-order valence-corrected chi connectivity index (χ2v) is 6.73. The van der Waals surface area contributed by atoms with Gasteiger partial charge < -0.3 is 9.47 Å². The van der Waals surface area contributed by atoms with E-state index in [1.54, 1.807) is 37.4 Å². The van der Waals surface area contributed by atoms with E-state index in [0.29, 0.717) is 17.4 Å². The maximum absolute atomic E-state index is 12.1. The van der Waals surface area contributed by atoms with E-state index < -0.39 is 6.10 Å². The standard InChI is InChI=1S/C23H21ClN2O3/c1-17(29-22-13-9-20(24)10-14-22)23(27)26-25-15-18-7-11-21(12-8-18)28-16-19-5-3-2-4-6-19/h2-15,17H,16H2,1H3,(H,26,27)/b25-15-. The van der Waals surface area contributed by atoms with Crippen molar-refractivity contribution in [3.05, 3.63) is 95.0 Å². The molecule has 3 aromatic rings. The lowest BCUT2D eigenvalue weighted by atomic mass is 10.2. The molecule has 29 heavy (non-hydrogen) atoms. The summed E-state index contributed by atoms with van der Waals surface area (Å²) < 4.78 is 11.3. The number of carbonyl (C=O) groups excluding carboxylic acids is 1. The van der Waals surface area contributed by atoms with Gasteiger partial charge in [-0.3, -0.25) is 4.79 Å². The van der Waals surface area contributed by atoms with Crippen LogP contribution in [0.15, 0.2) is 84.0 Å². The highest BCUT2D eigenvalue weighted by Crippen LogP contribution is 2.17.